The summed E-state index contributed by atoms with van der Waals surface area (Å²) in [5.74, 6) is 0.143. The third-order valence-corrected chi connectivity index (χ3v) is 5.84. The summed E-state index contributed by atoms with van der Waals surface area (Å²) in [7, 11) is 0. The number of likely N-dealkylation sites (tertiary alicyclic amines) is 1. The smallest absolute Gasteiger partial charge is 0.279 e. The van der Waals surface area contributed by atoms with E-state index < -0.39 is 0 Å². The van der Waals surface area contributed by atoms with Gasteiger partial charge < -0.3 is 9.80 Å². The maximum Gasteiger partial charge on any atom is 0.279 e. The fourth-order valence-corrected chi connectivity index (χ4v) is 4.22. The van der Waals surface area contributed by atoms with Crippen LogP contribution in [0.3, 0.4) is 0 Å². The van der Waals surface area contributed by atoms with E-state index in [1.165, 1.54) is 36.8 Å². The Morgan fingerprint density at radius 3 is 2.29 bits per heavy atom. The Morgan fingerprint density at radius 2 is 1.64 bits per heavy atom. The van der Waals surface area contributed by atoms with Crippen molar-refractivity contribution in [2.24, 2.45) is 0 Å². The number of rotatable bonds is 6. The van der Waals surface area contributed by atoms with Crippen molar-refractivity contribution < 1.29 is 42.0 Å². The molecule has 3 rings (SSSR count). The van der Waals surface area contributed by atoms with Gasteiger partial charge in [-0.2, -0.15) is 0 Å². The van der Waals surface area contributed by atoms with Gasteiger partial charge in [-0.15, -0.1) is 0 Å². The molecule has 1 saturated heterocycles. The number of benzene rings is 2. The largest absolute Gasteiger partial charge is 0.321 e. The van der Waals surface area contributed by atoms with Crippen LogP contribution in [0, 0.1) is 6.92 Å². The molecule has 0 aromatic heterocycles. The first-order valence-corrected chi connectivity index (χ1v) is 10.4. The topological polar surface area (TPSA) is 29.1 Å². The molecule has 1 aliphatic rings. The number of nitrogens with one attached hydrogen (secondary N) is 1. The predicted octanol–water partition coefficient (Wildman–Crippen LogP) is 5.08. The fraction of sp³-hybridized carbons (Fsp3) is 0.458. The van der Waals surface area contributed by atoms with E-state index in [0.29, 0.717) is 6.54 Å². The second-order valence-corrected chi connectivity index (χ2v) is 8.06. The van der Waals surface area contributed by atoms with Crippen molar-refractivity contribution in [1.29, 1.82) is 0 Å². The van der Waals surface area contributed by atoms with Crippen LogP contribution < -0.4 is 5.32 Å². The Bertz CT molecular complexity index is 752. The van der Waals surface area contributed by atoms with Crippen molar-refractivity contribution in [3.63, 3.8) is 0 Å². The van der Waals surface area contributed by atoms with Gasteiger partial charge in [-0.25, -0.2) is 0 Å². The molecule has 28 heavy (non-hydrogen) atoms. The SMILES string of the molecule is CCc1ccc(C)c(NC(=O)C[N+]2(Cc3ccccc3)CCCCCC2)c1.[Y]. The van der Waals surface area contributed by atoms with Crippen LogP contribution in [0.15, 0.2) is 48.5 Å². The molecule has 0 aliphatic carbocycles. The van der Waals surface area contributed by atoms with E-state index in [9.17, 15) is 4.79 Å². The molecular formula is C24H33N2OY+. The van der Waals surface area contributed by atoms with Gasteiger partial charge in [0.1, 0.15) is 6.54 Å². The molecule has 1 radical (unpaired) electrons. The molecule has 4 heteroatoms. The maximum absolute atomic E-state index is 13.0. The zero-order valence-electron chi connectivity index (χ0n) is 17.4. The van der Waals surface area contributed by atoms with Crippen molar-refractivity contribution in [2.45, 2.75) is 52.5 Å². The molecule has 0 spiro atoms. The van der Waals surface area contributed by atoms with Crippen LogP contribution in [-0.2, 0) is 50.5 Å². The standard InChI is InChI=1S/C24H32N2O.Y/c1-3-21-14-13-20(2)23(17-21)25-24(27)19-26(15-9-4-5-10-16-26)18-22-11-7-6-8-12-22;/h6-8,11-14,17H,3-5,9-10,15-16,18-19H2,1-2H3;/p+1. The van der Waals surface area contributed by atoms with Crippen molar-refractivity contribution in [3.05, 3.63) is 65.2 Å². The number of aryl methyl sites for hydroxylation is 2. The van der Waals surface area contributed by atoms with Crippen LogP contribution in [0.25, 0.3) is 0 Å². The number of hydrogen-bond donors (Lipinski definition) is 1. The zero-order chi connectivity index (χ0) is 19.1. The molecule has 0 saturated carbocycles. The van der Waals surface area contributed by atoms with Crippen molar-refractivity contribution in [2.75, 3.05) is 25.0 Å². The van der Waals surface area contributed by atoms with Gasteiger partial charge in [-0.05, 0) is 56.2 Å². The zero-order valence-corrected chi connectivity index (χ0v) is 20.3. The van der Waals surface area contributed by atoms with Gasteiger partial charge in [-0.3, -0.25) is 4.79 Å². The summed E-state index contributed by atoms with van der Waals surface area (Å²) >= 11 is 0. The Morgan fingerprint density at radius 1 is 0.964 bits per heavy atom. The number of carbonyl (C=O) groups excluding carboxylic acids is 1. The van der Waals surface area contributed by atoms with E-state index in [1.54, 1.807) is 0 Å². The Hall–Kier alpha value is -1.03. The molecule has 0 atom stereocenters. The van der Waals surface area contributed by atoms with Gasteiger partial charge in [0.05, 0.1) is 13.1 Å². The molecule has 1 N–H and O–H groups in total. The van der Waals surface area contributed by atoms with Crippen LogP contribution in [0.2, 0.25) is 0 Å². The van der Waals surface area contributed by atoms with E-state index >= 15 is 0 Å². The third-order valence-electron chi connectivity index (χ3n) is 5.84. The van der Waals surface area contributed by atoms with Crippen molar-refractivity contribution in [1.82, 2.24) is 0 Å². The first-order valence-electron chi connectivity index (χ1n) is 10.4. The quantitative estimate of drug-likeness (QED) is 0.606. The average molecular weight is 454 g/mol. The molecule has 2 aromatic rings. The van der Waals surface area contributed by atoms with Gasteiger partial charge in [0, 0.05) is 44.0 Å². The number of quaternary nitrogens is 1. The van der Waals surface area contributed by atoms with Crippen molar-refractivity contribution in [3.8, 4) is 0 Å². The molecule has 1 fully saturated rings. The minimum absolute atomic E-state index is 0. The predicted molar refractivity (Wildman–Crippen MR) is 113 cm³/mol. The number of nitrogens with zero attached hydrogens (tertiary/aromatic N) is 1. The molecule has 0 bridgehead atoms. The van der Waals surface area contributed by atoms with Crippen LogP contribution in [0.4, 0.5) is 5.69 Å². The second kappa shape index (κ2) is 11.2. The summed E-state index contributed by atoms with van der Waals surface area (Å²) in [6, 6.07) is 17.0. The Kier molecular flexibility index (Phi) is 9.33. The number of carbonyl (C=O) groups is 1. The van der Waals surface area contributed by atoms with Gasteiger partial charge in [-0.1, -0.05) is 49.4 Å². The molecule has 2 aromatic carbocycles. The molecule has 1 heterocycles. The van der Waals surface area contributed by atoms with E-state index in [4.69, 9.17) is 0 Å². The fourth-order valence-electron chi connectivity index (χ4n) is 4.22. The van der Waals surface area contributed by atoms with Gasteiger partial charge in [0.2, 0.25) is 0 Å². The number of amides is 1. The molecular weight excluding hydrogens is 421 g/mol. The van der Waals surface area contributed by atoms with Crippen LogP contribution in [-0.4, -0.2) is 30.0 Å². The molecule has 3 nitrogen and oxygen atoms in total. The summed E-state index contributed by atoms with van der Waals surface area (Å²) in [5, 5.41) is 3.21. The van der Waals surface area contributed by atoms with E-state index in [-0.39, 0.29) is 38.6 Å². The van der Waals surface area contributed by atoms with E-state index in [1.807, 2.05) is 0 Å². The molecule has 0 unspecified atom stereocenters. The number of hydrogen-bond acceptors (Lipinski definition) is 1. The number of anilines is 1. The van der Waals surface area contributed by atoms with Crippen LogP contribution >= 0.6 is 0 Å². The molecule has 1 amide bonds. The minimum atomic E-state index is 0. The van der Waals surface area contributed by atoms with Crippen molar-refractivity contribution >= 4 is 11.6 Å². The van der Waals surface area contributed by atoms with Gasteiger partial charge >= 0.3 is 0 Å². The Balaban J connectivity index is 0.00000280. The summed E-state index contributed by atoms with van der Waals surface area (Å²) in [6.45, 7) is 7.91. The summed E-state index contributed by atoms with van der Waals surface area (Å²) < 4.78 is 0.877. The normalized spacial score (nSPS) is 15.9. The van der Waals surface area contributed by atoms with E-state index in [2.05, 4.69) is 67.7 Å². The maximum atomic E-state index is 13.0. The summed E-state index contributed by atoms with van der Waals surface area (Å²) in [6.07, 6.45) is 5.98. The van der Waals surface area contributed by atoms with Crippen LogP contribution in [0.5, 0.6) is 0 Å². The van der Waals surface area contributed by atoms with Gasteiger partial charge in [0.25, 0.3) is 5.91 Å². The van der Waals surface area contributed by atoms with Crippen LogP contribution in [0.1, 0.15) is 49.3 Å². The molecule has 147 valence electrons. The third kappa shape index (κ3) is 6.51. The average Bonchev–Trinajstić information content (AvgIpc) is 2.89. The first kappa shape index (κ1) is 23.3. The minimum Gasteiger partial charge on any atom is -0.321 e. The Labute approximate surface area is 195 Å². The second-order valence-electron chi connectivity index (χ2n) is 8.06. The van der Waals surface area contributed by atoms with E-state index in [0.717, 1.165) is 41.8 Å². The first-order chi connectivity index (χ1) is 13.1. The monoisotopic (exact) mass is 454 g/mol. The molecule has 1 aliphatic heterocycles. The van der Waals surface area contributed by atoms with Gasteiger partial charge in [0.15, 0.2) is 6.54 Å². The summed E-state index contributed by atoms with van der Waals surface area (Å²) in [4.78, 5) is 13.0. The summed E-state index contributed by atoms with van der Waals surface area (Å²) in [5.41, 5.74) is 4.69.